The SMILES string of the molecule is C/C(=N/NC(=O)CSCc1ccccc1)c1cccc([N+](=O)[O-])c1. The lowest BCUT2D eigenvalue weighted by molar-refractivity contribution is -0.384. The lowest BCUT2D eigenvalue weighted by Crippen LogP contribution is -2.21. The summed E-state index contributed by atoms with van der Waals surface area (Å²) >= 11 is 1.50. The number of hydrazone groups is 1. The minimum absolute atomic E-state index is 0.00760. The van der Waals surface area contributed by atoms with E-state index in [0.717, 1.165) is 11.3 Å². The van der Waals surface area contributed by atoms with Crippen LogP contribution in [0.4, 0.5) is 5.69 Å². The molecule has 0 aliphatic carbocycles. The van der Waals surface area contributed by atoms with Gasteiger partial charge in [0, 0.05) is 23.4 Å². The molecule has 0 fully saturated rings. The third kappa shape index (κ3) is 5.51. The minimum Gasteiger partial charge on any atom is -0.272 e. The van der Waals surface area contributed by atoms with Gasteiger partial charge in [-0.2, -0.15) is 5.10 Å². The summed E-state index contributed by atoms with van der Waals surface area (Å²) < 4.78 is 0. The van der Waals surface area contributed by atoms with Gasteiger partial charge in [0.1, 0.15) is 0 Å². The molecule has 0 aliphatic heterocycles. The molecule has 0 saturated heterocycles. The summed E-state index contributed by atoms with van der Waals surface area (Å²) in [6.45, 7) is 1.69. The second kappa shape index (κ2) is 8.83. The molecule has 0 heterocycles. The van der Waals surface area contributed by atoms with Crippen LogP contribution in [0.1, 0.15) is 18.1 Å². The van der Waals surface area contributed by atoms with Crippen LogP contribution in [-0.2, 0) is 10.5 Å². The molecule has 0 spiro atoms. The van der Waals surface area contributed by atoms with Gasteiger partial charge in [-0.15, -0.1) is 11.8 Å². The highest BCUT2D eigenvalue weighted by Gasteiger charge is 2.08. The van der Waals surface area contributed by atoms with Gasteiger partial charge in [0.25, 0.3) is 5.69 Å². The molecule has 7 heteroatoms. The standard InChI is InChI=1S/C17H17N3O3S/c1-13(15-8-5-9-16(10-15)20(22)23)18-19-17(21)12-24-11-14-6-3-2-4-7-14/h2-10H,11-12H2,1H3,(H,19,21)/b18-13-. The third-order valence-corrected chi connectivity index (χ3v) is 4.17. The summed E-state index contributed by atoms with van der Waals surface area (Å²) in [6, 6.07) is 16.0. The molecule has 2 aromatic carbocycles. The Hall–Kier alpha value is -2.67. The summed E-state index contributed by atoms with van der Waals surface area (Å²) in [6.07, 6.45) is 0. The van der Waals surface area contributed by atoms with E-state index in [1.807, 2.05) is 30.3 Å². The number of amides is 1. The number of carbonyl (C=O) groups excluding carboxylic acids is 1. The lowest BCUT2D eigenvalue weighted by atomic mass is 10.1. The van der Waals surface area contributed by atoms with Gasteiger partial charge in [-0.05, 0) is 12.5 Å². The maximum absolute atomic E-state index is 11.8. The first-order valence-electron chi connectivity index (χ1n) is 7.26. The number of non-ortho nitro benzene ring substituents is 1. The summed E-state index contributed by atoms with van der Waals surface area (Å²) in [5, 5.41) is 14.8. The van der Waals surface area contributed by atoms with Gasteiger partial charge in [0.05, 0.1) is 16.4 Å². The highest BCUT2D eigenvalue weighted by molar-refractivity contribution is 7.99. The zero-order valence-electron chi connectivity index (χ0n) is 13.1. The zero-order chi connectivity index (χ0) is 17.4. The van der Waals surface area contributed by atoms with E-state index < -0.39 is 4.92 Å². The van der Waals surface area contributed by atoms with E-state index >= 15 is 0 Å². The molecule has 0 saturated carbocycles. The van der Waals surface area contributed by atoms with E-state index in [1.54, 1.807) is 19.1 Å². The number of benzene rings is 2. The van der Waals surface area contributed by atoms with Crippen molar-refractivity contribution in [3.05, 3.63) is 75.8 Å². The van der Waals surface area contributed by atoms with Crippen LogP contribution in [0.2, 0.25) is 0 Å². The highest BCUT2D eigenvalue weighted by Crippen LogP contribution is 2.14. The molecule has 24 heavy (non-hydrogen) atoms. The summed E-state index contributed by atoms with van der Waals surface area (Å²) in [5.74, 6) is 0.836. The molecule has 124 valence electrons. The van der Waals surface area contributed by atoms with Crippen LogP contribution in [0.15, 0.2) is 59.7 Å². The predicted molar refractivity (Wildman–Crippen MR) is 96.1 cm³/mol. The maximum atomic E-state index is 11.8. The van der Waals surface area contributed by atoms with Gasteiger partial charge in [0.2, 0.25) is 5.91 Å². The van der Waals surface area contributed by atoms with E-state index in [-0.39, 0.29) is 11.6 Å². The summed E-state index contributed by atoms with van der Waals surface area (Å²) in [4.78, 5) is 22.1. The average Bonchev–Trinajstić information content (AvgIpc) is 2.60. The molecule has 0 bridgehead atoms. The molecule has 2 rings (SSSR count). The van der Waals surface area contributed by atoms with Crippen LogP contribution in [0, 0.1) is 10.1 Å². The molecule has 0 radical (unpaired) electrons. The first-order valence-corrected chi connectivity index (χ1v) is 8.41. The van der Waals surface area contributed by atoms with Crippen molar-refractivity contribution in [2.75, 3.05) is 5.75 Å². The number of hydrogen-bond acceptors (Lipinski definition) is 5. The van der Waals surface area contributed by atoms with Gasteiger partial charge in [0.15, 0.2) is 0 Å². The number of rotatable bonds is 7. The van der Waals surface area contributed by atoms with Crippen LogP contribution >= 0.6 is 11.8 Å². The Morgan fingerprint density at radius 2 is 1.96 bits per heavy atom. The molecular weight excluding hydrogens is 326 g/mol. The van der Waals surface area contributed by atoms with E-state index in [4.69, 9.17) is 0 Å². The van der Waals surface area contributed by atoms with Gasteiger partial charge in [-0.1, -0.05) is 42.5 Å². The highest BCUT2D eigenvalue weighted by atomic mass is 32.2. The first kappa shape index (κ1) is 17.7. The number of nitro groups is 1. The van der Waals surface area contributed by atoms with Crippen molar-refractivity contribution in [1.29, 1.82) is 0 Å². The number of nitro benzene ring substituents is 1. The number of nitrogens with zero attached hydrogens (tertiary/aromatic N) is 2. The Balaban J connectivity index is 1.84. The van der Waals surface area contributed by atoms with E-state index in [1.165, 1.54) is 23.9 Å². The van der Waals surface area contributed by atoms with Crippen LogP contribution < -0.4 is 5.43 Å². The van der Waals surface area contributed by atoms with E-state index in [9.17, 15) is 14.9 Å². The van der Waals surface area contributed by atoms with Crippen LogP contribution in [0.25, 0.3) is 0 Å². The fourth-order valence-electron chi connectivity index (χ4n) is 1.92. The lowest BCUT2D eigenvalue weighted by Gasteiger charge is -2.03. The molecule has 0 aromatic heterocycles. The zero-order valence-corrected chi connectivity index (χ0v) is 14.0. The Morgan fingerprint density at radius 1 is 1.21 bits per heavy atom. The fraction of sp³-hybridized carbons (Fsp3) is 0.176. The smallest absolute Gasteiger partial charge is 0.270 e. The van der Waals surface area contributed by atoms with Crippen LogP contribution in [0.5, 0.6) is 0 Å². The van der Waals surface area contributed by atoms with Crippen molar-refractivity contribution >= 4 is 29.1 Å². The second-order valence-electron chi connectivity index (χ2n) is 5.02. The quantitative estimate of drug-likeness (QED) is 0.474. The Kier molecular flexibility index (Phi) is 6.51. The Labute approximate surface area is 144 Å². The Morgan fingerprint density at radius 3 is 2.67 bits per heavy atom. The number of thioether (sulfide) groups is 1. The average molecular weight is 343 g/mol. The third-order valence-electron chi connectivity index (χ3n) is 3.17. The van der Waals surface area contributed by atoms with E-state index in [2.05, 4.69) is 10.5 Å². The maximum Gasteiger partial charge on any atom is 0.270 e. The van der Waals surface area contributed by atoms with Gasteiger partial charge in [-0.25, -0.2) is 5.43 Å². The summed E-state index contributed by atoms with van der Waals surface area (Å²) in [7, 11) is 0. The van der Waals surface area contributed by atoms with Crippen LogP contribution in [-0.4, -0.2) is 22.3 Å². The Bertz CT molecular complexity index is 748. The normalized spacial score (nSPS) is 11.1. The monoisotopic (exact) mass is 343 g/mol. The predicted octanol–water partition coefficient (Wildman–Crippen LogP) is 3.37. The molecule has 1 N–H and O–H groups in total. The van der Waals surface area contributed by atoms with Crippen molar-refractivity contribution in [3.63, 3.8) is 0 Å². The number of carbonyl (C=O) groups is 1. The van der Waals surface area contributed by atoms with Crippen molar-refractivity contribution in [2.24, 2.45) is 5.10 Å². The molecular formula is C17H17N3O3S. The second-order valence-corrected chi connectivity index (χ2v) is 6.00. The van der Waals surface area contributed by atoms with Crippen molar-refractivity contribution in [3.8, 4) is 0 Å². The van der Waals surface area contributed by atoms with Crippen molar-refractivity contribution < 1.29 is 9.72 Å². The van der Waals surface area contributed by atoms with Crippen molar-refractivity contribution in [1.82, 2.24) is 5.43 Å². The minimum atomic E-state index is -0.463. The van der Waals surface area contributed by atoms with Crippen LogP contribution in [0.3, 0.4) is 0 Å². The molecule has 0 unspecified atom stereocenters. The topological polar surface area (TPSA) is 84.6 Å². The first-order chi connectivity index (χ1) is 11.6. The number of hydrogen-bond donors (Lipinski definition) is 1. The fourth-order valence-corrected chi connectivity index (χ4v) is 2.70. The van der Waals surface area contributed by atoms with E-state index in [0.29, 0.717) is 17.0 Å². The summed E-state index contributed by atoms with van der Waals surface area (Å²) in [5.41, 5.74) is 4.74. The molecule has 1 amide bonds. The molecule has 6 nitrogen and oxygen atoms in total. The molecule has 0 atom stereocenters. The van der Waals surface area contributed by atoms with Gasteiger partial charge < -0.3 is 0 Å². The largest absolute Gasteiger partial charge is 0.272 e. The molecule has 0 aliphatic rings. The van der Waals surface area contributed by atoms with Gasteiger partial charge in [-0.3, -0.25) is 14.9 Å². The molecule has 2 aromatic rings. The number of nitrogens with one attached hydrogen (secondary N) is 1. The van der Waals surface area contributed by atoms with Gasteiger partial charge >= 0.3 is 0 Å². The van der Waals surface area contributed by atoms with Crippen molar-refractivity contribution in [2.45, 2.75) is 12.7 Å².